The van der Waals surface area contributed by atoms with Crippen molar-refractivity contribution >= 4 is 17.4 Å². The van der Waals surface area contributed by atoms with Crippen molar-refractivity contribution < 1.29 is 9.59 Å². The molecule has 2 heterocycles. The van der Waals surface area contributed by atoms with Crippen molar-refractivity contribution in [3.05, 3.63) is 29.3 Å². The molecule has 1 aromatic rings. The Labute approximate surface area is 106 Å². The zero-order valence-electron chi connectivity index (χ0n) is 10.2. The first-order valence-electron chi connectivity index (χ1n) is 6.41. The van der Waals surface area contributed by atoms with E-state index in [1.165, 1.54) is 12.8 Å². The van der Waals surface area contributed by atoms with Crippen molar-refractivity contribution in [2.45, 2.75) is 19.3 Å². The summed E-state index contributed by atoms with van der Waals surface area (Å²) in [5.74, 6) is 0.160. The van der Waals surface area contributed by atoms with E-state index >= 15 is 0 Å². The molecule has 3 rings (SSSR count). The van der Waals surface area contributed by atoms with E-state index < -0.39 is 0 Å². The molecule has 0 saturated carbocycles. The lowest BCUT2D eigenvalue weighted by molar-refractivity contribution is -0.115. The van der Waals surface area contributed by atoms with Gasteiger partial charge in [-0.05, 0) is 49.7 Å². The number of carbonyl (C=O) groups excluding carboxylic acids is 2. The third-order valence-corrected chi connectivity index (χ3v) is 3.62. The third-order valence-electron chi connectivity index (χ3n) is 3.62. The highest BCUT2D eigenvalue weighted by Gasteiger charge is 2.20. The van der Waals surface area contributed by atoms with Gasteiger partial charge in [0.05, 0.1) is 13.0 Å². The number of likely N-dealkylation sites (tertiary alicyclic amines) is 1. The van der Waals surface area contributed by atoms with Gasteiger partial charge in [-0.15, -0.1) is 0 Å². The second kappa shape index (κ2) is 4.53. The van der Waals surface area contributed by atoms with Gasteiger partial charge in [0, 0.05) is 11.3 Å². The molecule has 0 atom stereocenters. The second-order valence-corrected chi connectivity index (χ2v) is 5.00. The first-order chi connectivity index (χ1) is 8.72. The summed E-state index contributed by atoms with van der Waals surface area (Å²) in [5.41, 5.74) is 2.50. The van der Waals surface area contributed by atoms with Gasteiger partial charge in [-0.3, -0.25) is 14.5 Å². The summed E-state index contributed by atoms with van der Waals surface area (Å²) < 4.78 is 0. The maximum absolute atomic E-state index is 12.1. The summed E-state index contributed by atoms with van der Waals surface area (Å²) in [6.07, 6.45) is 2.77. The molecular weight excluding hydrogens is 228 g/mol. The molecule has 4 heteroatoms. The van der Waals surface area contributed by atoms with Crippen LogP contribution in [0.1, 0.15) is 28.8 Å². The quantitative estimate of drug-likeness (QED) is 0.819. The highest BCUT2D eigenvalue weighted by molar-refractivity contribution is 6.02. The number of benzene rings is 1. The van der Waals surface area contributed by atoms with Crippen molar-refractivity contribution in [3.63, 3.8) is 0 Å². The maximum atomic E-state index is 12.1. The van der Waals surface area contributed by atoms with Gasteiger partial charge in [0.25, 0.3) is 0 Å². The fraction of sp³-hybridized carbons (Fsp3) is 0.429. The Morgan fingerprint density at radius 1 is 1.28 bits per heavy atom. The molecule has 4 nitrogen and oxygen atoms in total. The molecule has 2 aliphatic heterocycles. The van der Waals surface area contributed by atoms with Crippen molar-refractivity contribution in [1.82, 2.24) is 4.90 Å². The summed E-state index contributed by atoms with van der Waals surface area (Å²) in [4.78, 5) is 25.6. The number of hydrogen-bond acceptors (Lipinski definition) is 3. The minimum atomic E-state index is 0.00846. The van der Waals surface area contributed by atoms with Gasteiger partial charge in [0.1, 0.15) is 0 Å². The number of ketones is 1. The van der Waals surface area contributed by atoms with Gasteiger partial charge >= 0.3 is 0 Å². The van der Waals surface area contributed by atoms with E-state index in [2.05, 4.69) is 10.2 Å². The number of hydrogen-bond donors (Lipinski definition) is 1. The molecule has 0 aromatic heterocycles. The van der Waals surface area contributed by atoms with Crippen LogP contribution >= 0.6 is 0 Å². The van der Waals surface area contributed by atoms with Gasteiger partial charge in [-0.1, -0.05) is 0 Å². The summed E-state index contributed by atoms with van der Waals surface area (Å²) >= 11 is 0. The molecule has 1 amide bonds. The molecule has 1 saturated heterocycles. The molecular formula is C14H16N2O2. The standard InChI is InChI=1S/C14H16N2O2/c17-13(9-16-5-1-2-6-16)10-3-4-12-11(7-10)8-14(18)15-12/h3-4,7H,1-2,5-6,8-9H2,(H,15,18). The van der Waals surface area contributed by atoms with Crippen molar-refractivity contribution in [3.8, 4) is 0 Å². The van der Waals surface area contributed by atoms with Crippen LogP contribution in [-0.4, -0.2) is 36.2 Å². The number of anilines is 1. The Morgan fingerprint density at radius 3 is 2.83 bits per heavy atom. The van der Waals surface area contributed by atoms with Crippen molar-refractivity contribution in [2.75, 3.05) is 25.0 Å². The summed E-state index contributed by atoms with van der Waals surface area (Å²) in [7, 11) is 0. The van der Waals surface area contributed by atoms with Crippen LogP contribution in [0.15, 0.2) is 18.2 Å². The number of amides is 1. The molecule has 18 heavy (non-hydrogen) atoms. The number of nitrogens with zero attached hydrogens (tertiary/aromatic N) is 1. The van der Waals surface area contributed by atoms with E-state index in [9.17, 15) is 9.59 Å². The minimum Gasteiger partial charge on any atom is -0.326 e. The zero-order chi connectivity index (χ0) is 12.5. The molecule has 1 aromatic carbocycles. The molecule has 0 spiro atoms. The number of carbonyl (C=O) groups is 2. The average Bonchev–Trinajstić information content (AvgIpc) is 2.95. The van der Waals surface area contributed by atoms with Gasteiger partial charge < -0.3 is 5.32 Å². The van der Waals surface area contributed by atoms with Crippen LogP contribution in [-0.2, 0) is 11.2 Å². The molecule has 2 aliphatic rings. The lowest BCUT2D eigenvalue weighted by Gasteiger charge is -2.13. The Balaban J connectivity index is 1.74. The fourth-order valence-corrected chi connectivity index (χ4v) is 2.64. The predicted octanol–water partition coefficient (Wildman–Crippen LogP) is 1.46. The van der Waals surface area contributed by atoms with E-state index in [-0.39, 0.29) is 11.7 Å². The molecule has 1 N–H and O–H groups in total. The lowest BCUT2D eigenvalue weighted by Crippen LogP contribution is -2.26. The van der Waals surface area contributed by atoms with E-state index in [1.807, 2.05) is 18.2 Å². The fourth-order valence-electron chi connectivity index (χ4n) is 2.64. The molecule has 0 aliphatic carbocycles. The van der Waals surface area contributed by atoms with Crippen LogP contribution in [0.5, 0.6) is 0 Å². The van der Waals surface area contributed by atoms with Crippen LogP contribution in [0, 0.1) is 0 Å². The topological polar surface area (TPSA) is 49.4 Å². The zero-order valence-corrected chi connectivity index (χ0v) is 10.2. The van der Waals surface area contributed by atoms with E-state index in [1.54, 1.807) is 0 Å². The second-order valence-electron chi connectivity index (χ2n) is 5.00. The van der Waals surface area contributed by atoms with Gasteiger partial charge in [0.15, 0.2) is 5.78 Å². The molecule has 0 bridgehead atoms. The molecule has 1 fully saturated rings. The summed E-state index contributed by atoms with van der Waals surface area (Å²) in [6.45, 7) is 2.55. The van der Waals surface area contributed by atoms with Crippen LogP contribution in [0.2, 0.25) is 0 Å². The minimum absolute atomic E-state index is 0.00846. The largest absolute Gasteiger partial charge is 0.326 e. The van der Waals surface area contributed by atoms with Crippen LogP contribution in [0.3, 0.4) is 0 Å². The Hall–Kier alpha value is -1.68. The number of Topliss-reactive ketones (excluding diaryl/α,β-unsaturated/α-hetero) is 1. The summed E-state index contributed by atoms with van der Waals surface area (Å²) in [5, 5.41) is 2.78. The molecule has 0 radical (unpaired) electrons. The molecule has 0 unspecified atom stereocenters. The average molecular weight is 244 g/mol. The Bertz CT molecular complexity index is 505. The summed E-state index contributed by atoms with van der Waals surface area (Å²) in [6, 6.07) is 5.49. The van der Waals surface area contributed by atoms with Gasteiger partial charge in [0.2, 0.25) is 5.91 Å². The smallest absolute Gasteiger partial charge is 0.228 e. The number of nitrogens with one attached hydrogen (secondary N) is 1. The molecule has 94 valence electrons. The monoisotopic (exact) mass is 244 g/mol. The SMILES string of the molecule is O=C1Cc2cc(C(=O)CN3CCCC3)ccc2N1. The lowest BCUT2D eigenvalue weighted by atomic mass is 10.0. The maximum Gasteiger partial charge on any atom is 0.228 e. The Kier molecular flexibility index (Phi) is 2.88. The van der Waals surface area contributed by atoms with Gasteiger partial charge in [-0.25, -0.2) is 0 Å². The van der Waals surface area contributed by atoms with E-state index in [0.29, 0.717) is 13.0 Å². The highest BCUT2D eigenvalue weighted by Crippen LogP contribution is 2.24. The highest BCUT2D eigenvalue weighted by atomic mass is 16.1. The number of rotatable bonds is 3. The van der Waals surface area contributed by atoms with Crippen molar-refractivity contribution in [2.24, 2.45) is 0 Å². The van der Waals surface area contributed by atoms with Crippen LogP contribution < -0.4 is 5.32 Å². The van der Waals surface area contributed by atoms with Crippen LogP contribution in [0.4, 0.5) is 5.69 Å². The Morgan fingerprint density at radius 2 is 2.06 bits per heavy atom. The third kappa shape index (κ3) is 2.16. The first-order valence-corrected chi connectivity index (χ1v) is 6.41. The predicted molar refractivity (Wildman–Crippen MR) is 68.8 cm³/mol. The van der Waals surface area contributed by atoms with E-state index in [4.69, 9.17) is 0 Å². The van der Waals surface area contributed by atoms with Crippen molar-refractivity contribution in [1.29, 1.82) is 0 Å². The van der Waals surface area contributed by atoms with E-state index in [0.717, 1.165) is 29.9 Å². The van der Waals surface area contributed by atoms with Crippen LogP contribution in [0.25, 0.3) is 0 Å². The normalized spacial score (nSPS) is 18.8. The van der Waals surface area contributed by atoms with Gasteiger partial charge in [-0.2, -0.15) is 0 Å². The number of fused-ring (bicyclic) bond motifs is 1. The first kappa shape index (κ1) is 11.4.